The highest BCUT2D eigenvalue weighted by atomic mass is 32.2. The van der Waals surface area contributed by atoms with Crippen LogP contribution in [0.3, 0.4) is 0 Å². The maximum atomic E-state index is 12.1. The van der Waals surface area contributed by atoms with Crippen molar-refractivity contribution >= 4 is 29.6 Å². The molecule has 3 N–H and O–H groups in total. The molecule has 8 nitrogen and oxygen atoms in total. The van der Waals surface area contributed by atoms with Crippen LogP contribution in [0.1, 0.15) is 17.0 Å². The Morgan fingerprint density at radius 2 is 1.94 bits per heavy atom. The monoisotopic (exact) mass is 436 g/mol. The van der Waals surface area contributed by atoms with Crippen molar-refractivity contribution in [2.24, 2.45) is 5.10 Å². The van der Waals surface area contributed by atoms with E-state index < -0.39 is 0 Å². The van der Waals surface area contributed by atoms with Gasteiger partial charge in [-0.1, -0.05) is 35.5 Å². The number of carbonyl (C=O) groups is 1. The summed E-state index contributed by atoms with van der Waals surface area (Å²) in [4.78, 5) is 12.1. The lowest BCUT2D eigenvalue weighted by Gasteiger charge is -2.09. The molecule has 0 bridgehead atoms. The number of thioether (sulfide) groups is 1. The van der Waals surface area contributed by atoms with Gasteiger partial charge in [-0.05, 0) is 48.9 Å². The fourth-order valence-electron chi connectivity index (χ4n) is 2.62. The number of anilines is 1. The van der Waals surface area contributed by atoms with Crippen molar-refractivity contribution in [3.63, 3.8) is 0 Å². The van der Waals surface area contributed by atoms with Gasteiger partial charge in [0.1, 0.15) is 5.75 Å². The van der Waals surface area contributed by atoms with Gasteiger partial charge in [0.25, 0.3) is 5.91 Å². The second-order valence-electron chi connectivity index (χ2n) is 6.69. The first-order valence-corrected chi connectivity index (χ1v) is 10.6. The fourth-order valence-corrected chi connectivity index (χ4v) is 3.38. The normalized spacial score (nSPS) is 10.9. The molecule has 1 amide bonds. The molecule has 1 heterocycles. The number of carbonyl (C=O) groups excluding carboxylic acids is 1. The van der Waals surface area contributed by atoms with Gasteiger partial charge in [0, 0.05) is 12.2 Å². The van der Waals surface area contributed by atoms with Gasteiger partial charge in [-0.3, -0.25) is 4.79 Å². The predicted molar refractivity (Wildman–Crippen MR) is 123 cm³/mol. The molecule has 0 aliphatic rings. The Labute approximate surface area is 185 Å². The van der Waals surface area contributed by atoms with Crippen LogP contribution in [0.15, 0.2) is 71.4 Å². The van der Waals surface area contributed by atoms with Gasteiger partial charge in [-0.25, -0.2) is 5.43 Å². The molecule has 0 radical (unpaired) electrons. The van der Waals surface area contributed by atoms with Crippen LogP contribution in [-0.4, -0.2) is 37.7 Å². The van der Waals surface area contributed by atoms with E-state index in [0.717, 1.165) is 17.1 Å². The molecule has 3 rings (SSSR count). The maximum Gasteiger partial charge on any atom is 0.250 e. The van der Waals surface area contributed by atoms with E-state index in [2.05, 4.69) is 32.6 Å². The first kappa shape index (κ1) is 22.1. The molecule has 0 unspecified atom stereocenters. The average Bonchev–Trinajstić information content (AvgIpc) is 3.15. The zero-order valence-electron chi connectivity index (χ0n) is 17.2. The van der Waals surface area contributed by atoms with Crippen molar-refractivity contribution in [3.8, 4) is 5.75 Å². The Kier molecular flexibility index (Phi) is 7.83. The summed E-state index contributed by atoms with van der Waals surface area (Å²) in [5.41, 5.74) is 5.45. The van der Waals surface area contributed by atoms with Crippen molar-refractivity contribution in [3.05, 3.63) is 78.1 Å². The van der Waals surface area contributed by atoms with Crippen molar-refractivity contribution in [1.29, 1.82) is 0 Å². The van der Waals surface area contributed by atoms with E-state index >= 15 is 0 Å². The van der Waals surface area contributed by atoms with E-state index in [1.165, 1.54) is 23.5 Å². The number of hydrogen-bond donors (Lipinski definition) is 3. The number of aryl methyl sites for hydroxylation is 1. The van der Waals surface area contributed by atoms with Gasteiger partial charge in [0.2, 0.25) is 0 Å². The van der Waals surface area contributed by atoms with Crippen LogP contribution in [0, 0.1) is 6.92 Å². The van der Waals surface area contributed by atoms with E-state index in [1.807, 2.05) is 35.8 Å². The number of allylic oxidation sites excluding steroid dienone is 1. The van der Waals surface area contributed by atoms with Gasteiger partial charge in [0.05, 0.1) is 18.5 Å². The summed E-state index contributed by atoms with van der Waals surface area (Å²) < 4.78 is 1.92. The Balaban J connectivity index is 1.54. The first-order valence-electron chi connectivity index (χ1n) is 9.62. The zero-order chi connectivity index (χ0) is 22.1. The molecule has 31 heavy (non-hydrogen) atoms. The molecular weight excluding hydrogens is 412 g/mol. The minimum atomic E-state index is -0.257. The quantitative estimate of drug-likeness (QED) is 0.195. The number of phenolic OH excluding ortho intramolecular Hbond substituents is 1. The highest BCUT2D eigenvalue weighted by Gasteiger charge is 2.13. The van der Waals surface area contributed by atoms with Crippen LogP contribution < -0.4 is 10.7 Å². The number of hydrazone groups is 1. The molecule has 9 heteroatoms. The fraction of sp³-hybridized carbons (Fsp3) is 0.182. The summed E-state index contributed by atoms with van der Waals surface area (Å²) in [6, 6.07) is 14.6. The number of hydrogen-bond acceptors (Lipinski definition) is 7. The molecule has 1 aromatic heterocycles. The van der Waals surface area contributed by atoms with Crippen LogP contribution in [0.4, 0.5) is 5.69 Å². The number of aromatic hydroxyl groups is 1. The summed E-state index contributed by atoms with van der Waals surface area (Å²) >= 11 is 1.28. The number of rotatable bonds is 10. The third-order valence-corrected chi connectivity index (χ3v) is 5.20. The van der Waals surface area contributed by atoms with Gasteiger partial charge in [0.15, 0.2) is 11.0 Å². The number of nitrogens with zero attached hydrogens (tertiary/aromatic N) is 4. The lowest BCUT2D eigenvalue weighted by molar-refractivity contribution is -0.118. The van der Waals surface area contributed by atoms with E-state index in [0.29, 0.717) is 18.2 Å². The minimum Gasteiger partial charge on any atom is -0.508 e. The summed E-state index contributed by atoms with van der Waals surface area (Å²) in [5, 5.41) is 25.6. The summed E-state index contributed by atoms with van der Waals surface area (Å²) in [7, 11) is 0. The number of benzene rings is 2. The van der Waals surface area contributed by atoms with Crippen molar-refractivity contribution in [2.75, 3.05) is 11.1 Å². The molecule has 0 aliphatic carbocycles. The molecule has 0 aliphatic heterocycles. The lowest BCUT2D eigenvalue weighted by atomic mass is 10.2. The van der Waals surface area contributed by atoms with E-state index in [4.69, 9.17) is 0 Å². The van der Waals surface area contributed by atoms with Crippen molar-refractivity contribution in [2.45, 2.75) is 25.2 Å². The van der Waals surface area contributed by atoms with Crippen molar-refractivity contribution < 1.29 is 9.90 Å². The van der Waals surface area contributed by atoms with Crippen LogP contribution in [-0.2, 0) is 17.9 Å². The number of amides is 1. The molecule has 0 fully saturated rings. The third kappa shape index (κ3) is 6.71. The molecule has 3 aromatic rings. The number of nitrogens with one attached hydrogen (secondary N) is 2. The van der Waals surface area contributed by atoms with Crippen LogP contribution >= 0.6 is 11.8 Å². The standard InChI is InChI=1S/C22H24N6O2S/c1-3-12-28-20(14-23-18-8-4-16(2)5-9-18)25-27-22(28)31-15-21(30)26-24-13-17-6-10-19(29)11-7-17/h3-11,13,23,29H,1,12,14-15H2,2H3,(H,26,30)/b24-13-. The molecule has 160 valence electrons. The predicted octanol–water partition coefficient (Wildman–Crippen LogP) is 3.33. The lowest BCUT2D eigenvalue weighted by Crippen LogP contribution is -2.20. The summed E-state index contributed by atoms with van der Waals surface area (Å²) in [5.74, 6) is 0.823. The molecule has 0 atom stereocenters. The van der Waals surface area contributed by atoms with E-state index in [-0.39, 0.29) is 17.4 Å². The van der Waals surface area contributed by atoms with Gasteiger partial charge < -0.3 is 15.0 Å². The Morgan fingerprint density at radius 1 is 1.19 bits per heavy atom. The van der Waals surface area contributed by atoms with Gasteiger partial charge in [-0.2, -0.15) is 5.10 Å². The molecule has 0 saturated carbocycles. The summed E-state index contributed by atoms with van der Waals surface area (Å²) in [6.07, 6.45) is 3.28. The third-order valence-electron chi connectivity index (χ3n) is 4.24. The SMILES string of the molecule is C=CCn1c(CNc2ccc(C)cc2)nnc1SCC(=O)N/N=C\c1ccc(O)cc1. The topological polar surface area (TPSA) is 104 Å². The average molecular weight is 437 g/mol. The first-order chi connectivity index (χ1) is 15.0. The molecule has 0 saturated heterocycles. The Bertz CT molecular complexity index is 1040. The Hall–Kier alpha value is -3.59. The van der Waals surface area contributed by atoms with Crippen LogP contribution in [0.25, 0.3) is 0 Å². The van der Waals surface area contributed by atoms with E-state index in [9.17, 15) is 9.90 Å². The van der Waals surface area contributed by atoms with Gasteiger partial charge in [-0.15, -0.1) is 16.8 Å². The second-order valence-corrected chi connectivity index (χ2v) is 7.63. The van der Waals surface area contributed by atoms with Crippen LogP contribution in [0.2, 0.25) is 0 Å². The van der Waals surface area contributed by atoms with Gasteiger partial charge >= 0.3 is 0 Å². The van der Waals surface area contributed by atoms with Crippen LogP contribution in [0.5, 0.6) is 5.75 Å². The largest absolute Gasteiger partial charge is 0.508 e. The number of aromatic nitrogens is 3. The smallest absolute Gasteiger partial charge is 0.250 e. The Morgan fingerprint density at radius 3 is 2.65 bits per heavy atom. The van der Waals surface area contributed by atoms with E-state index in [1.54, 1.807) is 30.3 Å². The highest BCUT2D eigenvalue weighted by molar-refractivity contribution is 7.99. The molecule has 2 aromatic carbocycles. The highest BCUT2D eigenvalue weighted by Crippen LogP contribution is 2.18. The molecule has 0 spiro atoms. The zero-order valence-corrected chi connectivity index (χ0v) is 18.0. The minimum absolute atomic E-state index is 0.146. The number of phenols is 1. The summed E-state index contributed by atoms with van der Waals surface area (Å²) in [6.45, 7) is 6.89. The maximum absolute atomic E-state index is 12.1. The second kappa shape index (κ2) is 11.0. The molecular formula is C22H24N6O2S. The van der Waals surface area contributed by atoms with Crippen molar-refractivity contribution in [1.82, 2.24) is 20.2 Å².